The van der Waals surface area contributed by atoms with E-state index >= 15 is 0 Å². The van der Waals surface area contributed by atoms with Crippen LogP contribution in [0.1, 0.15) is 21.6 Å². The number of carboxylic acids is 1. The van der Waals surface area contributed by atoms with Gasteiger partial charge in [0.25, 0.3) is 0 Å². The summed E-state index contributed by atoms with van der Waals surface area (Å²) in [5.74, 6) is -1.06. The van der Waals surface area contributed by atoms with Gasteiger partial charge in [0.1, 0.15) is 11.8 Å². The van der Waals surface area contributed by atoms with Gasteiger partial charge in [-0.15, -0.1) is 0 Å². The Balaban J connectivity index is 2.34. The summed E-state index contributed by atoms with van der Waals surface area (Å²) in [4.78, 5) is 11.0. The van der Waals surface area contributed by atoms with Crippen molar-refractivity contribution < 1.29 is 9.90 Å². The van der Waals surface area contributed by atoms with Gasteiger partial charge in [0, 0.05) is 12.4 Å². The maximum atomic E-state index is 11.0. The second kappa shape index (κ2) is 5.02. The lowest BCUT2D eigenvalue weighted by atomic mass is 10.2. The third-order valence-electron chi connectivity index (χ3n) is 2.42. The molecule has 0 aliphatic rings. The first kappa shape index (κ1) is 11.7. The van der Waals surface area contributed by atoms with Gasteiger partial charge in [-0.2, -0.15) is 5.26 Å². The molecule has 88 valence electrons. The van der Waals surface area contributed by atoms with Crippen molar-refractivity contribution in [1.29, 1.82) is 5.26 Å². The molecule has 18 heavy (non-hydrogen) atoms. The van der Waals surface area contributed by atoms with Crippen molar-refractivity contribution in [2.24, 2.45) is 0 Å². The quantitative estimate of drug-likeness (QED) is 0.893. The van der Waals surface area contributed by atoms with E-state index in [1.165, 1.54) is 16.8 Å². The molecule has 0 spiro atoms. The molecule has 4 nitrogen and oxygen atoms in total. The van der Waals surface area contributed by atoms with E-state index in [-0.39, 0.29) is 5.69 Å². The molecule has 2 aromatic rings. The Labute approximate surface area is 104 Å². The molecule has 1 heterocycles. The summed E-state index contributed by atoms with van der Waals surface area (Å²) in [5, 5.41) is 17.8. The van der Waals surface area contributed by atoms with Crippen LogP contribution in [-0.2, 0) is 0 Å². The first-order chi connectivity index (χ1) is 8.70. The van der Waals surface area contributed by atoms with Crippen molar-refractivity contribution in [2.45, 2.75) is 0 Å². The highest BCUT2D eigenvalue weighted by atomic mass is 16.4. The Morgan fingerprint density at radius 1 is 1.33 bits per heavy atom. The number of nitrogens with zero attached hydrogens (tertiary/aromatic N) is 2. The largest absolute Gasteiger partial charge is 0.477 e. The van der Waals surface area contributed by atoms with Crippen LogP contribution in [0.4, 0.5) is 0 Å². The van der Waals surface area contributed by atoms with E-state index in [0.29, 0.717) is 5.56 Å². The Hall–Kier alpha value is -2.80. The van der Waals surface area contributed by atoms with Gasteiger partial charge in [0.05, 0.1) is 5.56 Å². The molecule has 0 fully saturated rings. The highest BCUT2D eigenvalue weighted by Gasteiger charge is 2.10. The average molecular weight is 238 g/mol. The van der Waals surface area contributed by atoms with Crippen LogP contribution in [0.15, 0.2) is 42.6 Å². The van der Waals surface area contributed by atoms with Gasteiger partial charge in [0.15, 0.2) is 0 Å². The molecule has 0 saturated carbocycles. The van der Waals surface area contributed by atoms with Crippen LogP contribution in [0.25, 0.3) is 12.3 Å². The minimum atomic E-state index is -1.06. The number of nitriles is 1. The molecule has 4 heteroatoms. The highest BCUT2D eigenvalue weighted by Crippen LogP contribution is 2.10. The smallest absolute Gasteiger partial charge is 0.352 e. The molecule has 1 aromatic carbocycles. The van der Waals surface area contributed by atoms with Crippen LogP contribution >= 0.6 is 0 Å². The lowest BCUT2D eigenvalue weighted by Crippen LogP contribution is -2.01. The third-order valence-corrected chi connectivity index (χ3v) is 2.42. The number of hydrogen-bond acceptors (Lipinski definition) is 2. The van der Waals surface area contributed by atoms with Gasteiger partial charge in [-0.25, -0.2) is 4.79 Å². The Morgan fingerprint density at radius 2 is 2.06 bits per heavy atom. The number of aromatic nitrogens is 1. The standard InChI is InChI=1S/C14H10N2O2/c15-9-12-8-13(14(17)18)16(10-12)7-6-11-4-2-1-3-5-11/h1-8,10H,(H,17,18). The summed E-state index contributed by atoms with van der Waals surface area (Å²) in [5.41, 5.74) is 1.35. The summed E-state index contributed by atoms with van der Waals surface area (Å²) in [6, 6.07) is 12.8. The predicted molar refractivity (Wildman–Crippen MR) is 67.8 cm³/mol. The summed E-state index contributed by atoms with van der Waals surface area (Å²) < 4.78 is 1.42. The third kappa shape index (κ3) is 2.47. The van der Waals surface area contributed by atoms with Crippen LogP contribution in [0.5, 0.6) is 0 Å². The van der Waals surface area contributed by atoms with Crippen molar-refractivity contribution in [2.75, 3.05) is 0 Å². The summed E-state index contributed by atoms with van der Waals surface area (Å²) in [6.07, 6.45) is 4.90. The lowest BCUT2D eigenvalue weighted by molar-refractivity contribution is 0.0689. The minimum absolute atomic E-state index is 0.0683. The van der Waals surface area contributed by atoms with Gasteiger partial charge >= 0.3 is 5.97 Å². The summed E-state index contributed by atoms with van der Waals surface area (Å²) >= 11 is 0. The molecule has 0 atom stereocenters. The van der Waals surface area contributed by atoms with Crippen molar-refractivity contribution >= 4 is 18.2 Å². The minimum Gasteiger partial charge on any atom is -0.477 e. The first-order valence-corrected chi connectivity index (χ1v) is 5.29. The van der Waals surface area contributed by atoms with Crippen LogP contribution in [0, 0.1) is 11.3 Å². The fourth-order valence-electron chi connectivity index (χ4n) is 1.57. The normalized spacial score (nSPS) is 10.4. The van der Waals surface area contributed by atoms with Gasteiger partial charge in [-0.1, -0.05) is 30.3 Å². The van der Waals surface area contributed by atoms with E-state index in [2.05, 4.69) is 0 Å². The van der Waals surface area contributed by atoms with E-state index in [1.54, 1.807) is 12.3 Å². The van der Waals surface area contributed by atoms with Crippen molar-refractivity contribution in [3.05, 3.63) is 59.4 Å². The van der Waals surface area contributed by atoms with E-state index < -0.39 is 5.97 Å². The number of hydrogen-bond donors (Lipinski definition) is 1. The second-order valence-corrected chi connectivity index (χ2v) is 3.66. The maximum Gasteiger partial charge on any atom is 0.352 e. The van der Waals surface area contributed by atoms with Crippen LogP contribution in [0.3, 0.4) is 0 Å². The molecule has 0 radical (unpaired) electrons. The van der Waals surface area contributed by atoms with Gasteiger partial charge in [0.2, 0.25) is 0 Å². The molecule has 0 aliphatic carbocycles. The van der Waals surface area contributed by atoms with Gasteiger partial charge in [-0.3, -0.25) is 0 Å². The average Bonchev–Trinajstić information content (AvgIpc) is 2.81. The lowest BCUT2D eigenvalue weighted by Gasteiger charge is -1.98. The fraction of sp³-hybridized carbons (Fsp3) is 0. The maximum absolute atomic E-state index is 11.0. The number of aromatic carboxylic acids is 1. The zero-order valence-electron chi connectivity index (χ0n) is 9.45. The highest BCUT2D eigenvalue weighted by molar-refractivity contribution is 5.88. The molecule has 2 rings (SSSR count). The van der Waals surface area contributed by atoms with Crippen LogP contribution < -0.4 is 0 Å². The van der Waals surface area contributed by atoms with Crippen molar-refractivity contribution in [1.82, 2.24) is 4.57 Å². The predicted octanol–water partition coefficient (Wildman–Crippen LogP) is 2.69. The number of benzene rings is 1. The molecule has 0 amide bonds. The molecular formula is C14H10N2O2. The summed E-state index contributed by atoms with van der Waals surface area (Å²) in [7, 11) is 0. The zero-order chi connectivity index (χ0) is 13.0. The molecule has 0 unspecified atom stereocenters. The Bertz CT molecular complexity index is 634. The van der Waals surface area contributed by atoms with Crippen molar-refractivity contribution in [3.63, 3.8) is 0 Å². The summed E-state index contributed by atoms with van der Waals surface area (Å²) in [6.45, 7) is 0. The molecule has 1 N–H and O–H groups in total. The van der Waals surface area contributed by atoms with Crippen LogP contribution in [-0.4, -0.2) is 15.6 Å². The molecule has 0 bridgehead atoms. The number of carbonyl (C=O) groups is 1. The van der Waals surface area contributed by atoms with Gasteiger partial charge in [-0.05, 0) is 17.7 Å². The Morgan fingerprint density at radius 3 is 2.67 bits per heavy atom. The van der Waals surface area contributed by atoms with Crippen LogP contribution in [0.2, 0.25) is 0 Å². The monoisotopic (exact) mass is 238 g/mol. The molecule has 0 saturated heterocycles. The topological polar surface area (TPSA) is 66.0 Å². The molecule has 1 aromatic heterocycles. The van der Waals surface area contributed by atoms with E-state index in [4.69, 9.17) is 10.4 Å². The van der Waals surface area contributed by atoms with Gasteiger partial charge < -0.3 is 9.67 Å². The number of rotatable bonds is 3. The second-order valence-electron chi connectivity index (χ2n) is 3.66. The van der Waals surface area contributed by atoms with E-state index in [9.17, 15) is 4.79 Å². The van der Waals surface area contributed by atoms with Crippen molar-refractivity contribution in [3.8, 4) is 6.07 Å². The first-order valence-electron chi connectivity index (χ1n) is 5.29. The Kier molecular flexibility index (Phi) is 3.26. The van der Waals surface area contributed by atoms with E-state index in [0.717, 1.165) is 5.56 Å². The molecule has 0 aliphatic heterocycles. The SMILES string of the molecule is N#Cc1cc(C(=O)O)n(C=Cc2ccccc2)c1. The van der Waals surface area contributed by atoms with E-state index in [1.807, 2.05) is 36.4 Å². The number of carboxylic acid groups (broad SMARTS) is 1. The zero-order valence-corrected chi connectivity index (χ0v) is 9.45. The molecular weight excluding hydrogens is 228 g/mol. The fourth-order valence-corrected chi connectivity index (χ4v) is 1.57.